The Morgan fingerprint density at radius 2 is 1.88 bits per heavy atom. The van der Waals surface area contributed by atoms with Crippen LogP contribution >= 0.6 is 0 Å². The summed E-state index contributed by atoms with van der Waals surface area (Å²) in [5.74, 6) is 0. The summed E-state index contributed by atoms with van der Waals surface area (Å²) in [5, 5.41) is 21.9. The predicted molar refractivity (Wildman–Crippen MR) is 65.3 cm³/mol. The quantitative estimate of drug-likeness (QED) is 0.639. The second kappa shape index (κ2) is 6.63. The summed E-state index contributed by atoms with van der Waals surface area (Å²) < 4.78 is 0. The molecule has 0 saturated heterocycles. The molecule has 0 aliphatic carbocycles. The van der Waals surface area contributed by atoms with Gasteiger partial charge in [0, 0.05) is 12.6 Å². The molecule has 2 atom stereocenters. The lowest BCUT2D eigenvalue weighted by molar-refractivity contribution is 0.134. The minimum atomic E-state index is -0.501. The number of aliphatic hydroxyl groups excluding tert-OH is 2. The van der Waals surface area contributed by atoms with Crippen molar-refractivity contribution in [3.05, 3.63) is 35.4 Å². The highest BCUT2D eigenvalue weighted by molar-refractivity contribution is 5.23. The van der Waals surface area contributed by atoms with Gasteiger partial charge in [-0.15, -0.1) is 0 Å². The lowest BCUT2D eigenvalue weighted by Gasteiger charge is -2.20. The molecule has 2 unspecified atom stereocenters. The van der Waals surface area contributed by atoms with Crippen molar-refractivity contribution in [3.8, 4) is 0 Å². The van der Waals surface area contributed by atoms with Crippen molar-refractivity contribution in [1.29, 1.82) is 0 Å². The maximum Gasteiger partial charge on any atom is 0.0940 e. The van der Waals surface area contributed by atoms with Gasteiger partial charge in [-0.1, -0.05) is 29.8 Å². The third-order valence-electron chi connectivity index (χ3n) is 2.69. The average Bonchev–Trinajstić information content (AvgIpc) is 2.29. The van der Waals surface area contributed by atoms with Crippen LogP contribution in [0.15, 0.2) is 24.3 Å². The van der Waals surface area contributed by atoms with Crippen molar-refractivity contribution >= 4 is 0 Å². The van der Waals surface area contributed by atoms with Gasteiger partial charge in [-0.25, -0.2) is 0 Å². The van der Waals surface area contributed by atoms with Crippen LogP contribution in [0.3, 0.4) is 0 Å². The van der Waals surface area contributed by atoms with Crippen LogP contribution in [0.1, 0.15) is 30.6 Å². The largest absolute Gasteiger partial charge is 0.396 e. The second-order valence-corrected chi connectivity index (χ2v) is 4.18. The van der Waals surface area contributed by atoms with Crippen LogP contribution < -0.4 is 5.32 Å². The Balaban J connectivity index is 2.49. The summed E-state index contributed by atoms with van der Waals surface area (Å²) in [6, 6.07) is 7.89. The molecule has 1 aromatic carbocycles. The van der Waals surface area contributed by atoms with Gasteiger partial charge in [0.2, 0.25) is 0 Å². The minimum absolute atomic E-state index is 0.00532. The molecule has 16 heavy (non-hydrogen) atoms. The van der Waals surface area contributed by atoms with Crippen molar-refractivity contribution in [2.24, 2.45) is 0 Å². The zero-order chi connectivity index (χ0) is 12.0. The highest BCUT2D eigenvalue weighted by Gasteiger charge is 2.14. The van der Waals surface area contributed by atoms with Gasteiger partial charge < -0.3 is 15.5 Å². The fourth-order valence-electron chi connectivity index (χ4n) is 1.57. The first-order chi connectivity index (χ1) is 7.65. The number of rotatable bonds is 6. The first kappa shape index (κ1) is 13.2. The van der Waals surface area contributed by atoms with Gasteiger partial charge in [-0.05, 0) is 32.4 Å². The molecule has 3 N–H and O–H groups in total. The summed E-state index contributed by atoms with van der Waals surface area (Å²) in [7, 11) is 0. The highest BCUT2D eigenvalue weighted by atomic mass is 16.3. The zero-order valence-corrected chi connectivity index (χ0v) is 9.98. The fraction of sp³-hybridized carbons (Fsp3) is 0.538. The van der Waals surface area contributed by atoms with Crippen molar-refractivity contribution in [2.45, 2.75) is 32.4 Å². The van der Waals surface area contributed by atoms with E-state index in [1.807, 2.05) is 38.1 Å². The Hall–Kier alpha value is -0.900. The molecular weight excluding hydrogens is 202 g/mol. The van der Waals surface area contributed by atoms with Crippen LogP contribution in [0.2, 0.25) is 0 Å². The number of aliphatic hydroxyl groups is 2. The van der Waals surface area contributed by atoms with E-state index in [4.69, 9.17) is 5.11 Å². The molecule has 0 heterocycles. The molecule has 0 saturated carbocycles. The second-order valence-electron chi connectivity index (χ2n) is 4.18. The van der Waals surface area contributed by atoms with E-state index in [1.165, 1.54) is 5.56 Å². The Labute approximate surface area is 97.1 Å². The Morgan fingerprint density at radius 3 is 2.44 bits per heavy atom. The smallest absolute Gasteiger partial charge is 0.0940 e. The van der Waals surface area contributed by atoms with E-state index in [9.17, 15) is 5.11 Å². The molecule has 0 amide bonds. The number of nitrogens with one attached hydrogen (secondary N) is 1. The Kier molecular flexibility index (Phi) is 5.46. The van der Waals surface area contributed by atoms with Gasteiger partial charge >= 0.3 is 0 Å². The van der Waals surface area contributed by atoms with E-state index in [2.05, 4.69) is 5.32 Å². The predicted octanol–water partition coefficient (Wildman–Crippen LogP) is 1.39. The standard InChI is InChI=1S/C13H21NO2/c1-10-4-6-12(7-5-10)13(16)11(2)14-8-3-9-15/h4-7,11,13-16H,3,8-9H2,1-2H3. The zero-order valence-electron chi connectivity index (χ0n) is 9.98. The third-order valence-corrected chi connectivity index (χ3v) is 2.69. The monoisotopic (exact) mass is 223 g/mol. The molecule has 0 fully saturated rings. The van der Waals surface area contributed by atoms with Crippen molar-refractivity contribution in [1.82, 2.24) is 5.32 Å². The third kappa shape index (κ3) is 3.93. The molecular formula is C13H21NO2. The van der Waals surface area contributed by atoms with Crippen molar-refractivity contribution < 1.29 is 10.2 Å². The highest BCUT2D eigenvalue weighted by Crippen LogP contribution is 2.17. The van der Waals surface area contributed by atoms with Gasteiger partial charge in [0.05, 0.1) is 6.10 Å². The molecule has 90 valence electrons. The van der Waals surface area contributed by atoms with E-state index in [0.717, 1.165) is 12.1 Å². The van der Waals surface area contributed by atoms with Gasteiger partial charge in [-0.2, -0.15) is 0 Å². The molecule has 0 aliphatic heterocycles. The van der Waals surface area contributed by atoms with E-state index in [-0.39, 0.29) is 12.6 Å². The van der Waals surface area contributed by atoms with E-state index in [0.29, 0.717) is 6.42 Å². The van der Waals surface area contributed by atoms with Crippen LogP contribution in [0.5, 0.6) is 0 Å². The summed E-state index contributed by atoms with van der Waals surface area (Å²) in [4.78, 5) is 0. The average molecular weight is 223 g/mol. The van der Waals surface area contributed by atoms with Crippen molar-refractivity contribution in [3.63, 3.8) is 0 Å². The number of hydrogen-bond donors (Lipinski definition) is 3. The molecule has 0 spiro atoms. The minimum Gasteiger partial charge on any atom is -0.396 e. The molecule has 3 nitrogen and oxygen atoms in total. The fourth-order valence-corrected chi connectivity index (χ4v) is 1.57. The summed E-state index contributed by atoms with van der Waals surface area (Å²) in [5.41, 5.74) is 2.12. The molecule has 3 heteroatoms. The van der Waals surface area contributed by atoms with Crippen LogP contribution in [-0.2, 0) is 0 Å². The molecule has 1 rings (SSSR count). The van der Waals surface area contributed by atoms with E-state index >= 15 is 0 Å². The van der Waals surface area contributed by atoms with E-state index in [1.54, 1.807) is 0 Å². The SMILES string of the molecule is Cc1ccc(C(O)C(C)NCCCO)cc1. The van der Waals surface area contributed by atoms with Crippen LogP contribution in [-0.4, -0.2) is 29.4 Å². The summed E-state index contributed by atoms with van der Waals surface area (Å²) >= 11 is 0. The summed E-state index contributed by atoms with van der Waals surface area (Å²) in [6.45, 7) is 4.88. The van der Waals surface area contributed by atoms with Gasteiger partial charge in [0.25, 0.3) is 0 Å². The van der Waals surface area contributed by atoms with Crippen LogP contribution in [0.4, 0.5) is 0 Å². The maximum atomic E-state index is 10.1. The normalized spacial score (nSPS) is 14.8. The Bertz CT molecular complexity index is 297. The Morgan fingerprint density at radius 1 is 1.25 bits per heavy atom. The number of hydrogen-bond acceptors (Lipinski definition) is 3. The topological polar surface area (TPSA) is 52.5 Å². The van der Waals surface area contributed by atoms with Gasteiger partial charge in [0.1, 0.15) is 0 Å². The molecule has 1 aromatic rings. The maximum absolute atomic E-state index is 10.1. The molecule has 0 aliphatic rings. The van der Waals surface area contributed by atoms with Crippen molar-refractivity contribution in [2.75, 3.05) is 13.2 Å². The first-order valence-corrected chi connectivity index (χ1v) is 5.74. The lowest BCUT2D eigenvalue weighted by atomic mass is 10.0. The number of benzene rings is 1. The van der Waals surface area contributed by atoms with Crippen LogP contribution in [0, 0.1) is 6.92 Å². The lowest BCUT2D eigenvalue weighted by Crippen LogP contribution is -2.33. The first-order valence-electron chi connectivity index (χ1n) is 5.74. The van der Waals surface area contributed by atoms with Gasteiger partial charge in [-0.3, -0.25) is 0 Å². The van der Waals surface area contributed by atoms with E-state index < -0.39 is 6.10 Å². The summed E-state index contributed by atoms with van der Waals surface area (Å²) in [6.07, 6.45) is 0.213. The molecule has 0 aromatic heterocycles. The number of aryl methyl sites for hydroxylation is 1. The molecule has 0 radical (unpaired) electrons. The molecule has 0 bridgehead atoms. The van der Waals surface area contributed by atoms with Crippen LogP contribution in [0.25, 0.3) is 0 Å². The van der Waals surface area contributed by atoms with Gasteiger partial charge in [0.15, 0.2) is 0 Å².